The van der Waals surface area contributed by atoms with E-state index in [-0.39, 0.29) is 19.4 Å². The molecular weight excluding hydrogens is 290 g/mol. The van der Waals surface area contributed by atoms with E-state index in [9.17, 15) is 10.2 Å². The van der Waals surface area contributed by atoms with E-state index < -0.39 is 11.8 Å². The van der Waals surface area contributed by atoms with Crippen molar-refractivity contribution in [2.75, 3.05) is 6.61 Å². The standard InChI is InChI=1S/C19H33NO3/c1-2-3-4-5-6-7-8-16-9-11-17(12-10-16)19(20,23)15-18(22)13-14-21/h9-12,18,21-23H,2-8,13-15,20H2,1H3. The van der Waals surface area contributed by atoms with Gasteiger partial charge in [0.15, 0.2) is 0 Å². The van der Waals surface area contributed by atoms with Crippen molar-refractivity contribution in [2.24, 2.45) is 5.73 Å². The van der Waals surface area contributed by atoms with E-state index in [2.05, 4.69) is 6.92 Å². The molecule has 0 amide bonds. The van der Waals surface area contributed by atoms with Gasteiger partial charge in [-0.05, 0) is 30.4 Å². The van der Waals surface area contributed by atoms with Crippen molar-refractivity contribution in [3.8, 4) is 0 Å². The molecule has 0 fully saturated rings. The fourth-order valence-corrected chi connectivity index (χ4v) is 2.80. The SMILES string of the molecule is CCCCCCCCc1ccc(C(N)(O)CC(O)CCO)cc1. The minimum absolute atomic E-state index is 0.0182. The van der Waals surface area contributed by atoms with Crippen LogP contribution >= 0.6 is 0 Å². The van der Waals surface area contributed by atoms with E-state index in [1.165, 1.54) is 44.1 Å². The number of unbranched alkanes of at least 4 members (excludes halogenated alkanes) is 5. The minimum Gasteiger partial charge on any atom is -0.396 e. The summed E-state index contributed by atoms with van der Waals surface area (Å²) in [7, 11) is 0. The fraction of sp³-hybridized carbons (Fsp3) is 0.684. The molecule has 0 aliphatic rings. The van der Waals surface area contributed by atoms with Crippen molar-refractivity contribution >= 4 is 0 Å². The van der Waals surface area contributed by atoms with Crippen LogP contribution in [0.15, 0.2) is 24.3 Å². The van der Waals surface area contributed by atoms with E-state index in [1.54, 1.807) is 0 Å². The number of rotatable bonds is 12. The number of aliphatic hydroxyl groups excluding tert-OH is 2. The largest absolute Gasteiger partial charge is 0.396 e. The first kappa shape index (κ1) is 20.1. The summed E-state index contributed by atoms with van der Waals surface area (Å²) in [6.07, 6.45) is 8.15. The van der Waals surface area contributed by atoms with Crippen LogP contribution in [0.2, 0.25) is 0 Å². The number of benzene rings is 1. The summed E-state index contributed by atoms with van der Waals surface area (Å²) in [5, 5.41) is 28.8. The predicted molar refractivity (Wildman–Crippen MR) is 93.9 cm³/mol. The average Bonchev–Trinajstić information content (AvgIpc) is 2.51. The summed E-state index contributed by atoms with van der Waals surface area (Å²) < 4.78 is 0. The molecule has 5 N–H and O–H groups in total. The van der Waals surface area contributed by atoms with Crippen molar-refractivity contribution in [1.29, 1.82) is 0 Å². The van der Waals surface area contributed by atoms with E-state index in [1.807, 2.05) is 24.3 Å². The van der Waals surface area contributed by atoms with Crippen LogP contribution in [0.25, 0.3) is 0 Å². The Bertz CT molecular complexity index is 417. The third-order valence-electron chi connectivity index (χ3n) is 4.28. The smallest absolute Gasteiger partial charge is 0.142 e. The highest BCUT2D eigenvalue weighted by Gasteiger charge is 2.27. The zero-order valence-corrected chi connectivity index (χ0v) is 14.4. The second kappa shape index (κ2) is 10.8. The summed E-state index contributed by atoms with van der Waals surface area (Å²) in [4.78, 5) is 0. The molecule has 0 saturated heterocycles. The van der Waals surface area contributed by atoms with Crippen LogP contribution in [-0.4, -0.2) is 28.0 Å². The molecule has 132 valence electrons. The Morgan fingerprint density at radius 2 is 1.65 bits per heavy atom. The van der Waals surface area contributed by atoms with Crippen molar-refractivity contribution in [3.63, 3.8) is 0 Å². The van der Waals surface area contributed by atoms with Gasteiger partial charge in [-0.3, -0.25) is 5.73 Å². The molecular formula is C19H33NO3. The predicted octanol–water partition coefficient (Wildman–Crippen LogP) is 2.83. The van der Waals surface area contributed by atoms with Gasteiger partial charge in [0.2, 0.25) is 0 Å². The maximum atomic E-state index is 10.3. The molecule has 0 aliphatic heterocycles. The first-order valence-electron chi connectivity index (χ1n) is 8.89. The highest BCUT2D eigenvalue weighted by molar-refractivity contribution is 5.26. The van der Waals surface area contributed by atoms with Crippen LogP contribution in [0.3, 0.4) is 0 Å². The van der Waals surface area contributed by atoms with E-state index in [0.717, 1.165) is 6.42 Å². The molecule has 1 rings (SSSR count). The van der Waals surface area contributed by atoms with Crippen molar-refractivity contribution in [2.45, 2.75) is 76.5 Å². The lowest BCUT2D eigenvalue weighted by atomic mass is 9.94. The third kappa shape index (κ3) is 7.93. The molecule has 0 spiro atoms. The second-order valence-electron chi connectivity index (χ2n) is 6.51. The van der Waals surface area contributed by atoms with Crippen molar-refractivity contribution in [1.82, 2.24) is 0 Å². The number of aliphatic hydroxyl groups is 3. The molecule has 4 nitrogen and oxygen atoms in total. The van der Waals surface area contributed by atoms with Gasteiger partial charge in [-0.1, -0.05) is 63.3 Å². The third-order valence-corrected chi connectivity index (χ3v) is 4.28. The molecule has 0 radical (unpaired) electrons. The maximum absolute atomic E-state index is 10.3. The van der Waals surface area contributed by atoms with Crippen LogP contribution in [0.4, 0.5) is 0 Å². The molecule has 23 heavy (non-hydrogen) atoms. The fourth-order valence-electron chi connectivity index (χ4n) is 2.80. The minimum atomic E-state index is -1.56. The summed E-state index contributed by atoms with van der Waals surface area (Å²) in [5.41, 5.74) is 6.18. The normalized spacial score (nSPS) is 15.3. The van der Waals surface area contributed by atoms with Gasteiger partial charge in [0.1, 0.15) is 5.72 Å². The van der Waals surface area contributed by atoms with Gasteiger partial charge in [0, 0.05) is 13.0 Å². The Balaban J connectivity index is 2.42. The topological polar surface area (TPSA) is 86.7 Å². The monoisotopic (exact) mass is 323 g/mol. The van der Waals surface area contributed by atoms with E-state index in [4.69, 9.17) is 10.8 Å². The van der Waals surface area contributed by atoms with Gasteiger partial charge < -0.3 is 15.3 Å². The first-order valence-corrected chi connectivity index (χ1v) is 8.89. The lowest BCUT2D eigenvalue weighted by Gasteiger charge is -2.26. The summed E-state index contributed by atoms with van der Waals surface area (Å²) in [6, 6.07) is 7.66. The van der Waals surface area contributed by atoms with Gasteiger partial charge in [0.05, 0.1) is 6.10 Å². The van der Waals surface area contributed by atoms with Crippen LogP contribution in [0.5, 0.6) is 0 Å². The molecule has 0 bridgehead atoms. The zero-order valence-electron chi connectivity index (χ0n) is 14.4. The van der Waals surface area contributed by atoms with Gasteiger partial charge in [-0.15, -0.1) is 0 Å². The molecule has 2 atom stereocenters. The first-order chi connectivity index (χ1) is 11.0. The molecule has 0 aromatic heterocycles. The van der Waals surface area contributed by atoms with Gasteiger partial charge in [-0.2, -0.15) is 0 Å². The summed E-state index contributed by atoms with van der Waals surface area (Å²) >= 11 is 0. The Kier molecular flexibility index (Phi) is 9.41. The van der Waals surface area contributed by atoms with Crippen LogP contribution in [0.1, 0.15) is 69.4 Å². The molecule has 1 aromatic carbocycles. The number of aryl methyl sites for hydroxylation is 1. The molecule has 0 aliphatic carbocycles. The number of nitrogens with two attached hydrogens (primary N) is 1. The zero-order chi connectivity index (χ0) is 17.1. The summed E-state index contributed by atoms with van der Waals surface area (Å²) in [6.45, 7) is 2.11. The molecule has 1 aromatic rings. The van der Waals surface area contributed by atoms with E-state index >= 15 is 0 Å². The Morgan fingerprint density at radius 1 is 1.04 bits per heavy atom. The highest BCUT2D eigenvalue weighted by Crippen LogP contribution is 2.23. The van der Waals surface area contributed by atoms with Crippen LogP contribution in [-0.2, 0) is 12.1 Å². The van der Waals surface area contributed by atoms with Crippen molar-refractivity contribution < 1.29 is 15.3 Å². The van der Waals surface area contributed by atoms with Gasteiger partial charge >= 0.3 is 0 Å². The average molecular weight is 323 g/mol. The summed E-state index contributed by atoms with van der Waals surface area (Å²) in [5.74, 6) is 0. The Hall–Kier alpha value is -0.940. The maximum Gasteiger partial charge on any atom is 0.142 e. The van der Waals surface area contributed by atoms with Crippen LogP contribution in [0, 0.1) is 0 Å². The molecule has 0 heterocycles. The van der Waals surface area contributed by atoms with Crippen molar-refractivity contribution in [3.05, 3.63) is 35.4 Å². The number of hydrogen-bond donors (Lipinski definition) is 4. The molecule has 2 unspecified atom stereocenters. The quantitative estimate of drug-likeness (QED) is 0.352. The molecule has 4 heteroatoms. The highest BCUT2D eigenvalue weighted by atomic mass is 16.3. The Morgan fingerprint density at radius 3 is 2.26 bits per heavy atom. The molecule has 0 saturated carbocycles. The lowest BCUT2D eigenvalue weighted by molar-refractivity contribution is -0.0162. The van der Waals surface area contributed by atoms with Gasteiger partial charge in [-0.25, -0.2) is 0 Å². The lowest BCUT2D eigenvalue weighted by Crippen LogP contribution is -2.40. The van der Waals surface area contributed by atoms with Gasteiger partial charge in [0.25, 0.3) is 0 Å². The Labute approximate surface area is 140 Å². The number of hydrogen-bond acceptors (Lipinski definition) is 4. The second-order valence-corrected chi connectivity index (χ2v) is 6.51. The van der Waals surface area contributed by atoms with E-state index in [0.29, 0.717) is 5.56 Å². The van der Waals surface area contributed by atoms with Crippen LogP contribution < -0.4 is 5.73 Å².